The maximum absolute atomic E-state index is 13.0. The molecule has 0 aliphatic carbocycles. The number of pyridine rings is 1. The Kier molecular flexibility index (Phi) is 6.77. The summed E-state index contributed by atoms with van der Waals surface area (Å²) in [6, 6.07) is 16.2. The van der Waals surface area contributed by atoms with Crippen LogP contribution in [0, 0.1) is 5.82 Å². The lowest BCUT2D eigenvalue weighted by molar-refractivity contribution is 0.106. The molecule has 3 aromatic rings. The van der Waals surface area contributed by atoms with Gasteiger partial charge in [-0.25, -0.2) is 9.37 Å². The number of para-hydroxylation sites is 1. The highest BCUT2D eigenvalue weighted by molar-refractivity contribution is 5.81. The Morgan fingerprint density at radius 2 is 1.83 bits per heavy atom. The van der Waals surface area contributed by atoms with Gasteiger partial charge in [0, 0.05) is 37.1 Å². The Morgan fingerprint density at radius 1 is 1.07 bits per heavy atom. The van der Waals surface area contributed by atoms with E-state index in [0.717, 1.165) is 35.4 Å². The number of aromatic nitrogens is 1. The lowest BCUT2D eigenvalue weighted by atomic mass is 10.1. The molecule has 0 bridgehead atoms. The molecule has 158 valence electrons. The summed E-state index contributed by atoms with van der Waals surface area (Å²) in [6.45, 7) is 3.23. The van der Waals surface area contributed by atoms with Crippen LogP contribution in [0.5, 0.6) is 5.75 Å². The first kappa shape index (κ1) is 20.6. The molecular weight excluding hydrogens is 381 g/mol. The van der Waals surface area contributed by atoms with Crippen molar-refractivity contribution in [2.24, 2.45) is 0 Å². The van der Waals surface area contributed by atoms with Gasteiger partial charge in [-0.2, -0.15) is 0 Å². The molecule has 0 amide bonds. The van der Waals surface area contributed by atoms with Crippen LogP contribution in [0.25, 0.3) is 10.9 Å². The molecule has 1 aromatic heterocycles. The molecule has 1 fully saturated rings. The maximum atomic E-state index is 13.0. The Labute approximate surface area is 176 Å². The second-order valence-electron chi connectivity index (χ2n) is 7.76. The SMILES string of the molecule is OC(CNCc1cc2ccccc2nc1N1CCCCC1)COc1ccc(F)cc1. The molecule has 6 heteroatoms. The van der Waals surface area contributed by atoms with Crippen molar-refractivity contribution in [2.45, 2.75) is 31.9 Å². The Bertz CT molecular complexity index is 958. The fourth-order valence-corrected chi connectivity index (χ4v) is 3.81. The van der Waals surface area contributed by atoms with Crippen LogP contribution in [-0.2, 0) is 6.54 Å². The first-order chi connectivity index (χ1) is 14.7. The molecule has 2 aromatic carbocycles. The minimum atomic E-state index is -0.665. The minimum Gasteiger partial charge on any atom is -0.491 e. The highest BCUT2D eigenvalue weighted by Gasteiger charge is 2.17. The number of aliphatic hydroxyl groups is 1. The molecule has 0 radical (unpaired) electrons. The first-order valence-corrected chi connectivity index (χ1v) is 10.6. The number of hydrogen-bond donors (Lipinski definition) is 2. The van der Waals surface area contributed by atoms with E-state index in [-0.39, 0.29) is 12.4 Å². The van der Waals surface area contributed by atoms with Gasteiger partial charge in [-0.15, -0.1) is 0 Å². The summed E-state index contributed by atoms with van der Waals surface area (Å²) < 4.78 is 18.5. The number of hydrogen-bond acceptors (Lipinski definition) is 5. The zero-order valence-corrected chi connectivity index (χ0v) is 17.1. The largest absolute Gasteiger partial charge is 0.491 e. The maximum Gasteiger partial charge on any atom is 0.133 e. The average Bonchev–Trinajstić information content (AvgIpc) is 2.79. The fraction of sp³-hybridized carbons (Fsp3) is 0.375. The molecule has 4 rings (SSSR count). The highest BCUT2D eigenvalue weighted by atomic mass is 19.1. The van der Waals surface area contributed by atoms with Crippen molar-refractivity contribution in [1.29, 1.82) is 0 Å². The third kappa shape index (κ3) is 5.26. The standard InChI is InChI=1S/C24H28FN3O2/c25-20-8-10-22(11-9-20)30-17-21(29)16-26-15-19-14-18-6-2-3-7-23(18)27-24(19)28-12-4-1-5-13-28/h2-3,6-11,14,21,26,29H,1,4-5,12-13,15-17H2. The fourth-order valence-electron chi connectivity index (χ4n) is 3.81. The van der Waals surface area contributed by atoms with Crippen LogP contribution in [0.15, 0.2) is 54.6 Å². The number of aliphatic hydroxyl groups excluding tert-OH is 1. The normalized spacial score (nSPS) is 15.3. The van der Waals surface area contributed by atoms with E-state index in [1.165, 1.54) is 31.4 Å². The van der Waals surface area contributed by atoms with Gasteiger partial charge in [-0.3, -0.25) is 0 Å². The van der Waals surface area contributed by atoms with E-state index >= 15 is 0 Å². The van der Waals surface area contributed by atoms with E-state index in [9.17, 15) is 9.50 Å². The molecule has 1 aliphatic rings. The van der Waals surface area contributed by atoms with E-state index in [2.05, 4.69) is 28.4 Å². The highest BCUT2D eigenvalue weighted by Crippen LogP contribution is 2.26. The molecule has 30 heavy (non-hydrogen) atoms. The molecule has 0 spiro atoms. The van der Waals surface area contributed by atoms with Crippen LogP contribution in [-0.4, -0.2) is 42.4 Å². The second kappa shape index (κ2) is 9.87. The predicted molar refractivity (Wildman–Crippen MR) is 117 cm³/mol. The zero-order valence-electron chi connectivity index (χ0n) is 17.1. The van der Waals surface area contributed by atoms with Gasteiger partial charge in [0.25, 0.3) is 0 Å². The second-order valence-corrected chi connectivity index (χ2v) is 7.76. The first-order valence-electron chi connectivity index (χ1n) is 10.6. The van der Waals surface area contributed by atoms with Crippen LogP contribution < -0.4 is 15.0 Å². The minimum absolute atomic E-state index is 0.146. The zero-order chi connectivity index (χ0) is 20.8. The van der Waals surface area contributed by atoms with E-state index in [0.29, 0.717) is 18.8 Å². The van der Waals surface area contributed by atoms with Crippen LogP contribution in [0.2, 0.25) is 0 Å². The van der Waals surface area contributed by atoms with Gasteiger partial charge in [0.15, 0.2) is 0 Å². The number of piperidine rings is 1. The van der Waals surface area contributed by atoms with Gasteiger partial charge < -0.3 is 20.1 Å². The Morgan fingerprint density at radius 3 is 2.63 bits per heavy atom. The summed E-state index contributed by atoms with van der Waals surface area (Å²) >= 11 is 0. The molecule has 1 aliphatic heterocycles. The Hall–Kier alpha value is -2.70. The smallest absolute Gasteiger partial charge is 0.133 e. The van der Waals surface area contributed by atoms with Gasteiger partial charge in [0.05, 0.1) is 5.52 Å². The summed E-state index contributed by atoms with van der Waals surface area (Å²) in [7, 11) is 0. The number of anilines is 1. The quantitative estimate of drug-likeness (QED) is 0.591. The molecule has 1 unspecified atom stereocenters. The molecule has 2 heterocycles. The van der Waals surface area contributed by atoms with E-state index in [1.807, 2.05) is 12.1 Å². The molecule has 1 atom stereocenters. The van der Waals surface area contributed by atoms with Crippen molar-refractivity contribution >= 4 is 16.7 Å². The third-order valence-electron chi connectivity index (χ3n) is 5.39. The predicted octanol–water partition coefficient (Wildman–Crippen LogP) is 3.89. The van der Waals surface area contributed by atoms with Crippen LogP contribution in [0.1, 0.15) is 24.8 Å². The summed E-state index contributed by atoms with van der Waals surface area (Å²) in [5.41, 5.74) is 2.15. The molecule has 5 nitrogen and oxygen atoms in total. The van der Waals surface area contributed by atoms with E-state index in [1.54, 1.807) is 12.1 Å². The van der Waals surface area contributed by atoms with Gasteiger partial charge in [-0.05, 0) is 55.7 Å². The van der Waals surface area contributed by atoms with Gasteiger partial charge in [0.1, 0.15) is 30.1 Å². The van der Waals surface area contributed by atoms with Crippen molar-refractivity contribution < 1.29 is 14.2 Å². The summed E-state index contributed by atoms with van der Waals surface area (Å²) in [6.07, 6.45) is 3.00. The van der Waals surface area contributed by atoms with Gasteiger partial charge in [0.2, 0.25) is 0 Å². The van der Waals surface area contributed by atoms with Crippen molar-refractivity contribution in [3.63, 3.8) is 0 Å². The van der Waals surface area contributed by atoms with Crippen molar-refractivity contribution in [3.05, 3.63) is 66.0 Å². The summed E-state index contributed by atoms with van der Waals surface area (Å²) in [4.78, 5) is 7.32. The lowest BCUT2D eigenvalue weighted by Gasteiger charge is -2.30. The number of fused-ring (bicyclic) bond motifs is 1. The van der Waals surface area contributed by atoms with Crippen LogP contribution in [0.3, 0.4) is 0 Å². The molecular formula is C24H28FN3O2. The third-order valence-corrected chi connectivity index (χ3v) is 5.39. The molecule has 0 saturated carbocycles. The van der Waals surface area contributed by atoms with E-state index in [4.69, 9.17) is 9.72 Å². The number of benzene rings is 2. The lowest BCUT2D eigenvalue weighted by Crippen LogP contribution is -2.33. The number of rotatable bonds is 8. The summed E-state index contributed by atoms with van der Waals surface area (Å²) in [5, 5.41) is 14.7. The Balaban J connectivity index is 1.38. The van der Waals surface area contributed by atoms with E-state index < -0.39 is 6.10 Å². The molecule has 2 N–H and O–H groups in total. The van der Waals surface area contributed by atoms with Crippen molar-refractivity contribution in [1.82, 2.24) is 10.3 Å². The molecule has 1 saturated heterocycles. The van der Waals surface area contributed by atoms with Crippen molar-refractivity contribution in [2.75, 3.05) is 31.1 Å². The van der Waals surface area contributed by atoms with Gasteiger partial charge >= 0.3 is 0 Å². The number of nitrogens with zero attached hydrogens (tertiary/aromatic N) is 2. The average molecular weight is 410 g/mol. The number of ether oxygens (including phenoxy) is 1. The number of halogens is 1. The van der Waals surface area contributed by atoms with Gasteiger partial charge in [-0.1, -0.05) is 18.2 Å². The monoisotopic (exact) mass is 409 g/mol. The number of nitrogens with one attached hydrogen (secondary N) is 1. The summed E-state index contributed by atoms with van der Waals surface area (Å²) in [5.74, 6) is 1.28. The van der Waals surface area contributed by atoms with Crippen molar-refractivity contribution in [3.8, 4) is 5.75 Å². The van der Waals surface area contributed by atoms with Crippen LogP contribution in [0.4, 0.5) is 10.2 Å². The topological polar surface area (TPSA) is 57.6 Å². The van der Waals surface area contributed by atoms with Crippen LogP contribution >= 0.6 is 0 Å².